The molecule has 1 aliphatic heterocycles. The lowest BCUT2D eigenvalue weighted by atomic mass is 10.2. The number of aliphatic hydroxyl groups is 1. The predicted molar refractivity (Wildman–Crippen MR) is 56.2 cm³/mol. The van der Waals surface area contributed by atoms with Crippen LogP contribution in [0.4, 0.5) is 5.82 Å². The zero-order chi connectivity index (χ0) is 9.97. The molecule has 1 aliphatic rings. The third-order valence-corrected chi connectivity index (χ3v) is 2.84. The molecular weight excluding hydrogens is 176 g/mol. The molecule has 76 valence electrons. The molecule has 3 nitrogen and oxygen atoms in total. The summed E-state index contributed by atoms with van der Waals surface area (Å²) >= 11 is 0. The van der Waals surface area contributed by atoms with Crippen LogP contribution >= 0.6 is 0 Å². The lowest BCUT2D eigenvalue weighted by Gasteiger charge is -2.22. The Morgan fingerprint density at radius 3 is 2.93 bits per heavy atom. The van der Waals surface area contributed by atoms with Crippen molar-refractivity contribution in [2.45, 2.75) is 32.4 Å². The Morgan fingerprint density at radius 2 is 2.43 bits per heavy atom. The van der Waals surface area contributed by atoms with Crippen molar-refractivity contribution in [1.29, 1.82) is 0 Å². The number of hydrogen-bond acceptors (Lipinski definition) is 3. The molecule has 1 aromatic rings. The molecule has 0 radical (unpaired) electrons. The minimum atomic E-state index is 0.0723. The van der Waals surface area contributed by atoms with Crippen LogP contribution in [-0.2, 0) is 6.61 Å². The molecule has 0 saturated carbocycles. The minimum absolute atomic E-state index is 0.0723. The Morgan fingerprint density at radius 1 is 1.57 bits per heavy atom. The normalized spacial score (nSPS) is 21.6. The van der Waals surface area contributed by atoms with E-state index in [4.69, 9.17) is 5.11 Å². The fourth-order valence-corrected chi connectivity index (χ4v) is 1.95. The van der Waals surface area contributed by atoms with Gasteiger partial charge in [-0.05, 0) is 31.4 Å². The van der Waals surface area contributed by atoms with E-state index in [9.17, 15) is 0 Å². The summed E-state index contributed by atoms with van der Waals surface area (Å²) in [5, 5.41) is 8.89. The Hall–Kier alpha value is -1.09. The van der Waals surface area contributed by atoms with Gasteiger partial charge >= 0.3 is 0 Å². The summed E-state index contributed by atoms with van der Waals surface area (Å²) in [6, 6.07) is 4.53. The highest BCUT2D eigenvalue weighted by Gasteiger charge is 2.20. The summed E-state index contributed by atoms with van der Waals surface area (Å²) in [5.74, 6) is 1.03. The van der Waals surface area contributed by atoms with Gasteiger partial charge in [-0.3, -0.25) is 0 Å². The van der Waals surface area contributed by atoms with E-state index in [1.807, 2.05) is 12.1 Å². The van der Waals surface area contributed by atoms with Crippen LogP contribution in [0, 0.1) is 0 Å². The van der Waals surface area contributed by atoms with Gasteiger partial charge in [0.15, 0.2) is 0 Å². The molecule has 2 rings (SSSR count). The van der Waals surface area contributed by atoms with Gasteiger partial charge in [-0.2, -0.15) is 0 Å². The molecular formula is C11H16N2O. The lowest BCUT2D eigenvalue weighted by molar-refractivity contribution is 0.281. The molecule has 1 aromatic heterocycles. The van der Waals surface area contributed by atoms with Crippen molar-refractivity contribution in [3.05, 3.63) is 23.9 Å². The smallest absolute Gasteiger partial charge is 0.128 e. The van der Waals surface area contributed by atoms with E-state index >= 15 is 0 Å². The van der Waals surface area contributed by atoms with E-state index in [1.165, 1.54) is 12.8 Å². The second-order valence-electron chi connectivity index (χ2n) is 3.87. The Bertz CT molecular complexity index is 297. The van der Waals surface area contributed by atoms with Crippen LogP contribution in [0.15, 0.2) is 18.3 Å². The van der Waals surface area contributed by atoms with Crippen LogP contribution in [0.2, 0.25) is 0 Å². The van der Waals surface area contributed by atoms with Gasteiger partial charge in [-0.25, -0.2) is 4.98 Å². The average Bonchev–Trinajstić information content (AvgIpc) is 2.65. The van der Waals surface area contributed by atoms with E-state index in [1.54, 1.807) is 6.20 Å². The van der Waals surface area contributed by atoms with Crippen LogP contribution in [0.3, 0.4) is 0 Å². The highest BCUT2D eigenvalue weighted by molar-refractivity contribution is 5.41. The highest BCUT2D eigenvalue weighted by Crippen LogP contribution is 2.23. The van der Waals surface area contributed by atoms with Crippen molar-refractivity contribution in [3.63, 3.8) is 0 Å². The summed E-state index contributed by atoms with van der Waals surface area (Å²) in [7, 11) is 0. The Kier molecular flexibility index (Phi) is 2.68. The number of pyridine rings is 1. The number of rotatable bonds is 2. The maximum atomic E-state index is 8.89. The zero-order valence-corrected chi connectivity index (χ0v) is 8.48. The molecule has 0 bridgehead atoms. The number of anilines is 1. The van der Waals surface area contributed by atoms with Crippen molar-refractivity contribution in [1.82, 2.24) is 4.98 Å². The SMILES string of the molecule is CC1CCCN1c1ccc(CO)cn1. The first kappa shape index (κ1) is 9.46. The third-order valence-electron chi connectivity index (χ3n) is 2.84. The van der Waals surface area contributed by atoms with Gasteiger partial charge in [0.1, 0.15) is 5.82 Å². The van der Waals surface area contributed by atoms with Crippen molar-refractivity contribution < 1.29 is 5.11 Å². The molecule has 1 N–H and O–H groups in total. The molecule has 14 heavy (non-hydrogen) atoms. The maximum absolute atomic E-state index is 8.89. The van der Waals surface area contributed by atoms with Crippen LogP contribution in [-0.4, -0.2) is 22.7 Å². The largest absolute Gasteiger partial charge is 0.392 e. The number of aliphatic hydroxyl groups excluding tert-OH is 1. The summed E-state index contributed by atoms with van der Waals surface area (Å²) in [6.07, 6.45) is 4.26. The second-order valence-corrected chi connectivity index (χ2v) is 3.87. The fraction of sp³-hybridized carbons (Fsp3) is 0.545. The van der Waals surface area contributed by atoms with Gasteiger partial charge in [0.25, 0.3) is 0 Å². The molecule has 3 heteroatoms. The Balaban J connectivity index is 2.16. The molecule has 0 aliphatic carbocycles. The van der Waals surface area contributed by atoms with E-state index in [2.05, 4.69) is 16.8 Å². The first-order chi connectivity index (χ1) is 6.81. The zero-order valence-electron chi connectivity index (χ0n) is 8.48. The molecule has 0 aromatic carbocycles. The third kappa shape index (κ3) is 1.73. The lowest BCUT2D eigenvalue weighted by Crippen LogP contribution is -2.27. The summed E-state index contributed by atoms with van der Waals surface area (Å²) in [6.45, 7) is 3.41. The van der Waals surface area contributed by atoms with Crippen LogP contribution < -0.4 is 4.90 Å². The maximum Gasteiger partial charge on any atom is 0.128 e. The van der Waals surface area contributed by atoms with Crippen LogP contribution in [0.1, 0.15) is 25.3 Å². The second kappa shape index (κ2) is 3.96. The number of aromatic nitrogens is 1. The molecule has 2 heterocycles. The predicted octanol–water partition coefficient (Wildman–Crippen LogP) is 1.56. The van der Waals surface area contributed by atoms with Crippen molar-refractivity contribution in [2.24, 2.45) is 0 Å². The minimum Gasteiger partial charge on any atom is -0.392 e. The molecule has 1 saturated heterocycles. The number of nitrogens with zero attached hydrogens (tertiary/aromatic N) is 2. The molecule has 0 spiro atoms. The molecule has 0 amide bonds. The molecule has 1 fully saturated rings. The van der Waals surface area contributed by atoms with Gasteiger partial charge in [-0.15, -0.1) is 0 Å². The van der Waals surface area contributed by atoms with Crippen LogP contribution in [0.5, 0.6) is 0 Å². The summed E-state index contributed by atoms with van der Waals surface area (Å²) in [4.78, 5) is 6.67. The first-order valence-electron chi connectivity index (χ1n) is 5.13. The summed E-state index contributed by atoms with van der Waals surface area (Å²) < 4.78 is 0. The van der Waals surface area contributed by atoms with E-state index in [-0.39, 0.29) is 6.61 Å². The van der Waals surface area contributed by atoms with E-state index in [0.717, 1.165) is 17.9 Å². The van der Waals surface area contributed by atoms with Gasteiger partial charge in [0.2, 0.25) is 0 Å². The standard InChI is InChI=1S/C11H16N2O/c1-9-3-2-6-13(9)11-5-4-10(8-14)7-12-11/h4-5,7,9,14H,2-3,6,8H2,1H3. The van der Waals surface area contributed by atoms with Gasteiger partial charge in [0, 0.05) is 18.8 Å². The van der Waals surface area contributed by atoms with E-state index in [0.29, 0.717) is 6.04 Å². The fourth-order valence-electron chi connectivity index (χ4n) is 1.95. The van der Waals surface area contributed by atoms with Gasteiger partial charge < -0.3 is 10.0 Å². The first-order valence-corrected chi connectivity index (χ1v) is 5.13. The molecule has 1 unspecified atom stereocenters. The monoisotopic (exact) mass is 192 g/mol. The average molecular weight is 192 g/mol. The van der Waals surface area contributed by atoms with Gasteiger partial charge in [-0.1, -0.05) is 6.07 Å². The van der Waals surface area contributed by atoms with Crippen molar-refractivity contribution in [2.75, 3.05) is 11.4 Å². The van der Waals surface area contributed by atoms with Crippen molar-refractivity contribution >= 4 is 5.82 Å². The Labute approximate surface area is 84.4 Å². The quantitative estimate of drug-likeness (QED) is 0.772. The van der Waals surface area contributed by atoms with Crippen LogP contribution in [0.25, 0.3) is 0 Å². The highest BCUT2D eigenvalue weighted by atomic mass is 16.3. The summed E-state index contributed by atoms with van der Waals surface area (Å²) in [5.41, 5.74) is 0.876. The van der Waals surface area contributed by atoms with Crippen molar-refractivity contribution in [3.8, 4) is 0 Å². The van der Waals surface area contributed by atoms with E-state index < -0.39 is 0 Å². The number of hydrogen-bond donors (Lipinski definition) is 1. The topological polar surface area (TPSA) is 36.4 Å². The molecule has 1 atom stereocenters. The van der Waals surface area contributed by atoms with Gasteiger partial charge in [0.05, 0.1) is 6.61 Å².